The van der Waals surface area contributed by atoms with Gasteiger partial charge in [0.05, 0.1) is 5.69 Å². The number of benzene rings is 3. The number of carbonyl (C=O) groups is 1. The number of carbonyl (C=O) groups excluding carboxylic acids is 1. The summed E-state index contributed by atoms with van der Waals surface area (Å²) in [6.45, 7) is -0.0787. The zero-order chi connectivity index (χ0) is 21.6. The average Bonchev–Trinajstić information content (AvgIpc) is 3.29. The van der Waals surface area contributed by atoms with E-state index in [0.29, 0.717) is 16.5 Å². The third kappa shape index (κ3) is 5.42. The molecule has 0 fully saturated rings. The molecule has 0 unspecified atom stereocenters. The summed E-state index contributed by atoms with van der Waals surface area (Å²) in [7, 11) is 2.00. The first-order valence-corrected chi connectivity index (χ1v) is 10.9. The van der Waals surface area contributed by atoms with E-state index in [2.05, 4.69) is 22.3 Å². The second-order valence-electron chi connectivity index (χ2n) is 6.78. The van der Waals surface area contributed by atoms with Gasteiger partial charge >= 0.3 is 0 Å². The standard InChI is InChI=1S/C24H20ClN3O2S/c1-28(20-5-3-2-4-6-20)24-27-22(16-31-24)17-7-11-19(12-8-17)26-23(29)15-30-21-13-9-18(25)10-14-21/h2-14,16H,15H2,1H3,(H,26,29). The minimum absolute atomic E-state index is 0.0787. The summed E-state index contributed by atoms with van der Waals surface area (Å²) < 4.78 is 5.47. The van der Waals surface area contributed by atoms with E-state index in [1.165, 1.54) is 0 Å². The molecule has 1 amide bonds. The molecule has 5 nitrogen and oxygen atoms in total. The maximum Gasteiger partial charge on any atom is 0.262 e. The summed E-state index contributed by atoms with van der Waals surface area (Å²) in [5.41, 5.74) is 3.67. The summed E-state index contributed by atoms with van der Waals surface area (Å²) in [5.74, 6) is 0.359. The van der Waals surface area contributed by atoms with Crippen molar-refractivity contribution in [3.63, 3.8) is 0 Å². The minimum atomic E-state index is -0.233. The number of ether oxygens (including phenoxy) is 1. The van der Waals surface area contributed by atoms with Gasteiger partial charge in [-0.05, 0) is 48.5 Å². The minimum Gasteiger partial charge on any atom is -0.484 e. The van der Waals surface area contributed by atoms with E-state index < -0.39 is 0 Å². The molecule has 0 aliphatic heterocycles. The molecular formula is C24H20ClN3O2S. The Morgan fingerprint density at radius 1 is 1.03 bits per heavy atom. The lowest BCUT2D eigenvalue weighted by atomic mass is 10.1. The Morgan fingerprint density at radius 3 is 2.45 bits per heavy atom. The van der Waals surface area contributed by atoms with E-state index in [1.807, 2.05) is 54.9 Å². The van der Waals surface area contributed by atoms with Crippen LogP contribution in [0, 0.1) is 0 Å². The Kier molecular flexibility index (Phi) is 6.50. The lowest BCUT2D eigenvalue weighted by Crippen LogP contribution is -2.20. The molecular weight excluding hydrogens is 430 g/mol. The number of amides is 1. The lowest BCUT2D eigenvalue weighted by Gasteiger charge is -2.15. The normalized spacial score (nSPS) is 10.5. The zero-order valence-corrected chi connectivity index (χ0v) is 18.4. The third-order valence-electron chi connectivity index (χ3n) is 4.57. The van der Waals surface area contributed by atoms with Gasteiger partial charge in [-0.1, -0.05) is 41.9 Å². The number of aromatic nitrogens is 1. The van der Waals surface area contributed by atoms with Crippen molar-refractivity contribution in [2.75, 3.05) is 23.9 Å². The molecule has 7 heteroatoms. The van der Waals surface area contributed by atoms with Crippen LogP contribution in [0.25, 0.3) is 11.3 Å². The Morgan fingerprint density at radius 2 is 1.74 bits per heavy atom. The van der Waals surface area contributed by atoms with Gasteiger partial charge in [0, 0.05) is 34.4 Å². The van der Waals surface area contributed by atoms with E-state index in [-0.39, 0.29) is 12.5 Å². The van der Waals surface area contributed by atoms with E-state index in [4.69, 9.17) is 21.3 Å². The molecule has 156 valence electrons. The highest BCUT2D eigenvalue weighted by Gasteiger charge is 2.11. The van der Waals surface area contributed by atoms with Crippen molar-refractivity contribution in [3.8, 4) is 17.0 Å². The number of rotatable bonds is 7. The van der Waals surface area contributed by atoms with Crippen molar-refractivity contribution < 1.29 is 9.53 Å². The van der Waals surface area contributed by atoms with Crippen molar-refractivity contribution in [2.24, 2.45) is 0 Å². The summed E-state index contributed by atoms with van der Waals surface area (Å²) in [6, 6.07) is 24.6. The number of halogens is 1. The number of nitrogens with one attached hydrogen (secondary N) is 1. The van der Waals surface area contributed by atoms with E-state index in [1.54, 1.807) is 35.6 Å². The molecule has 0 atom stereocenters. The van der Waals surface area contributed by atoms with Crippen LogP contribution >= 0.6 is 22.9 Å². The van der Waals surface area contributed by atoms with Gasteiger partial charge in [-0.15, -0.1) is 11.3 Å². The van der Waals surface area contributed by atoms with Crippen LogP contribution in [0.3, 0.4) is 0 Å². The molecule has 0 saturated heterocycles. The van der Waals surface area contributed by atoms with Gasteiger partial charge in [0.2, 0.25) is 0 Å². The fourth-order valence-corrected chi connectivity index (χ4v) is 3.86. The SMILES string of the molecule is CN(c1ccccc1)c1nc(-c2ccc(NC(=O)COc3ccc(Cl)cc3)cc2)cs1. The molecule has 0 spiro atoms. The molecule has 1 aromatic heterocycles. The van der Waals surface area contributed by atoms with Crippen molar-refractivity contribution in [2.45, 2.75) is 0 Å². The van der Waals surface area contributed by atoms with Crippen LogP contribution < -0.4 is 15.0 Å². The largest absolute Gasteiger partial charge is 0.484 e. The molecule has 0 aliphatic rings. The quantitative estimate of drug-likeness (QED) is 0.362. The van der Waals surface area contributed by atoms with Gasteiger partial charge in [-0.3, -0.25) is 4.79 Å². The Bertz CT molecular complexity index is 1150. The molecule has 0 bridgehead atoms. The van der Waals surface area contributed by atoms with Crippen molar-refractivity contribution >= 4 is 45.4 Å². The number of nitrogens with zero attached hydrogens (tertiary/aromatic N) is 2. The highest BCUT2D eigenvalue weighted by Crippen LogP contribution is 2.31. The van der Waals surface area contributed by atoms with Gasteiger partial charge in [-0.25, -0.2) is 4.98 Å². The summed E-state index contributed by atoms with van der Waals surface area (Å²) in [6.07, 6.45) is 0. The molecule has 31 heavy (non-hydrogen) atoms. The summed E-state index contributed by atoms with van der Waals surface area (Å²) in [4.78, 5) is 18.9. The van der Waals surface area contributed by atoms with Crippen LogP contribution in [0.4, 0.5) is 16.5 Å². The fraction of sp³-hybridized carbons (Fsp3) is 0.0833. The highest BCUT2D eigenvalue weighted by molar-refractivity contribution is 7.14. The smallest absolute Gasteiger partial charge is 0.262 e. The summed E-state index contributed by atoms with van der Waals surface area (Å²) in [5, 5.41) is 6.40. The number of hydrogen-bond donors (Lipinski definition) is 1. The lowest BCUT2D eigenvalue weighted by molar-refractivity contribution is -0.118. The molecule has 1 heterocycles. The number of hydrogen-bond acceptors (Lipinski definition) is 5. The average molecular weight is 450 g/mol. The van der Waals surface area contributed by atoms with Crippen LogP contribution in [-0.2, 0) is 4.79 Å². The van der Waals surface area contributed by atoms with Crippen LogP contribution in [0.2, 0.25) is 5.02 Å². The predicted molar refractivity (Wildman–Crippen MR) is 128 cm³/mol. The van der Waals surface area contributed by atoms with E-state index >= 15 is 0 Å². The van der Waals surface area contributed by atoms with Crippen molar-refractivity contribution in [1.29, 1.82) is 0 Å². The molecule has 4 aromatic rings. The van der Waals surface area contributed by atoms with Gasteiger partial charge in [0.1, 0.15) is 5.75 Å². The number of thiazole rings is 1. The predicted octanol–water partition coefficient (Wildman–Crippen LogP) is 6.25. The van der Waals surface area contributed by atoms with Gasteiger partial charge in [0.25, 0.3) is 5.91 Å². The van der Waals surface area contributed by atoms with E-state index in [9.17, 15) is 4.79 Å². The first-order chi connectivity index (χ1) is 15.1. The van der Waals surface area contributed by atoms with Crippen LogP contribution in [-0.4, -0.2) is 24.5 Å². The monoisotopic (exact) mass is 449 g/mol. The molecule has 0 saturated carbocycles. The van der Waals surface area contributed by atoms with Crippen molar-refractivity contribution in [1.82, 2.24) is 4.98 Å². The molecule has 3 aromatic carbocycles. The van der Waals surface area contributed by atoms with Crippen LogP contribution in [0.5, 0.6) is 5.75 Å². The van der Waals surface area contributed by atoms with Crippen LogP contribution in [0.15, 0.2) is 84.2 Å². The zero-order valence-electron chi connectivity index (χ0n) is 16.8. The van der Waals surface area contributed by atoms with Gasteiger partial charge in [0.15, 0.2) is 11.7 Å². The number of para-hydroxylation sites is 1. The van der Waals surface area contributed by atoms with E-state index in [0.717, 1.165) is 22.1 Å². The molecule has 0 radical (unpaired) electrons. The molecule has 1 N–H and O–H groups in total. The van der Waals surface area contributed by atoms with Gasteiger partial charge in [-0.2, -0.15) is 0 Å². The van der Waals surface area contributed by atoms with Crippen LogP contribution in [0.1, 0.15) is 0 Å². The Balaban J connectivity index is 1.35. The highest BCUT2D eigenvalue weighted by atomic mass is 35.5. The Hall–Kier alpha value is -3.35. The molecule has 4 rings (SSSR count). The first kappa shape index (κ1) is 20.9. The second kappa shape index (κ2) is 9.64. The second-order valence-corrected chi connectivity index (χ2v) is 8.05. The fourth-order valence-electron chi connectivity index (χ4n) is 2.91. The maximum absolute atomic E-state index is 12.1. The van der Waals surface area contributed by atoms with Crippen molar-refractivity contribution in [3.05, 3.63) is 89.3 Å². The summed E-state index contributed by atoms with van der Waals surface area (Å²) >= 11 is 7.43. The number of anilines is 3. The van der Waals surface area contributed by atoms with Gasteiger partial charge < -0.3 is 15.0 Å². The maximum atomic E-state index is 12.1. The third-order valence-corrected chi connectivity index (χ3v) is 5.74. The topological polar surface area (TPSA) is 54.5 Å². The molecule has 0 aliphatic carbocycles. The first-order valence-electron chi connectivity index (χ1n) is 9.61. The Labute approximate surface area is 189 Å².